The number of methoxy groups -OCH3 is 1. The number of guanidine groups is 1. The Morgan fingerprint density at radius 1 is 1.13 bits per heavy atom. The van der Waals surface area contributed by atoms with Crippen molar-refractivity contribution in [1.82, 2.24) is 15.5 Å². The van der Waals surface area contributed by atoms with Crippen LogP contribution in [0.15, 0.2) is 4.99 Å². The Balaban J connectivity index is 1.55. The maximum absolute atomic E-state index is 5.26. The van der Waals surface area contributed by atoms with Gasteiger partial charge in [-0.15, -0.1) is 0 Å². The van der Waals surface area contributed by atoms with Crippen molar-refractivity contribution in [3.8, 4) is 0 Å². The Morgan fingerprint density at radius 2 is 1.91 bits per heavy atom. The lowest BCUT2D eigenvalue weighted by Gasteiger charge is -2.42. The lowest BCUT2D eigenvalue weighted by atomic mass is 9.67. The molecule has 1 saturated carbocycles. The summed E-state index contributed by atoms with van der Waals surface area (Å²) in [4.78, 5) is 6.94. The molecule has 2 N–H and O–H groups in total. The van der Waals surface area contributed by atoms with Crippen molar-refractivity contribution in [2.45, 2.75) is 51.4 Å². The summed E-state index contributed by atoms with van der Waals surface area (Å²) in [5, 5.41) is 6.99. The summed E-state index contributed by atoms with van der Waals surface area (Å²) in [5.41, 5.74) is 0.434. The zero-order valence-corrected chi connectivity index (χ0v) is 15.2. The highest BCUT2D eigenvalue weighted by molar-refractivity contribution is 5.79. The molecule has 5 nitrogen and oxygen atoms in total. The molecule has 1 heterocycles. The third-order valence-corrected chi connectivity index (χ3v) is 5.50. The fourth-order valence-corrected chi connectivity index (χ4v) is 3.68. The minimum Gasteiger partial charge on any atom is -0.385 e. The van der Waals surface area contributed by atoms with Gasteiger partial charge in [-0.3, -0.25) is 4.99 Å². The van der Waals surface area contributed by atoms with Crippen LogP contribution in [0.3, 0.4) is 0 Å². The number of nitrogens with one attached hydrogen (secondary N) is 2. The van der Waals surface area contributed by atoms with Gasteiger partial charge in [-0.2, -0.15) is 0 Å². The van der Waals surface area contributed by atoms with Gasteiger partial charge in [0.25, 0.3) is 0 Å². The van der Waals surface area contributed by atoms with Gasteiger partial charge in [-0.05, 0) is 70.0 Å². The topological polar surface area (TPSA) is 48.9 Å². The molecule has 0 atom stereocenters. The van der Waals surface area contributed by atoms with E-state index in [-0.39, 0.29) is 0 Å². The van der Waals surface area contributed by atoms with Gasteiger partial charge in [-0.1, -0.05) is 6.42 Å². The molecule has 0 aromatic carbocycles. The molecule has 0 aromatic rings. The standard InChI is InChI=1S/C18H36N4O/c1-19-17(20-11-3-4-12-22-13-5-6-14-22)21-16-18(8-7-9-18)10-15-23-2/h3-16H2,1-2H3,(H2,19,20,21). The first-order chi connectivity index (χ1) is 11.3. The van der Waals surface area contributed by atoms with E-state index in [1.54, 1.807) is 7.11 Å². The summed E-state index contributed by atoms with van der Waals surface area (Å²) >= 11 is 0. The van der Waals surface area contributed by atoms with Crippen LogP contribution in [0, 0.1) is 5.41 Å². The number of hydrogen-bond donors (Lipinski definition) is 2. The highest BCUT2D eigenvalue weighted by atomic mass is 16.5. The largest absolute Gasteiger partial charge is 0.385 e. The van der Waals surface area contributed by atoms with Gasteiger partial charge in [0.1, 0.15) is 0 Å². The molecule has 0 bridgehead atoms. The van der Waals surface area contributed by atoms with Gasteiger partial charge in [-0.25, -0.2) is 0 Å². The first-order valence-corrected chi connectivity index (χ1v) is 9.44. The van der Waals surface area contributed by atoms with Gasteiger partial charge < -0.3 is 20.3 Å². The van der Waals surface area contributed by atoms with Gasteiger partial charge in [0.15, 0.2) is 5.96 Å². The Morgan fingerprint density at radius 3 is 2.52 bits per heavy atom. The molecule has 0 amide bonds. The van der Waals surface area contributed by atoms with E-state index >= 15 is 0 Å². The van der Waals surface area contributed by atoms with Crippen LogP contribution in [0.4, 0.5) is 0 Å². The Hall–Kier alpha value is -0.810. The van der Waals surface area contributed by atoms with E-state index in [0.717, 1.165) is 32.1 Å². The van der Waals surface area contributed by atoms with E-state index < -0.39 is 0 Å². The molecule has 1 aliphatic heterocycles. The Bertz CT molecular complexity index is 349. The van der Waals surface area contributed by atoms with Crippen molar-refractivity contribution in [3.63, 3.8) is 0 Å². The number of hydrogen-bond acceptors (Lipinski definition) is 3. The lowest BCUT2D eigenvalue weighted by molar-refractivity contribution is 0.0732. The van der Waals surface area contributed by atoms with Gasteiger partial charge >= 0.3 is 0 Å². The van der Waals surface area contributed by atoms with Crippen molar-refractivity contribution >= 4 is 5.96 Å². The molecule has 2 fully saturated rings. The predicted molar refractivity (Wildman–Crippen MR) is 97.0 cm³/mol. The second kappa shape index (κ2) is 10.1. The molecule has 23 heavy (non-hydrogen) atoms. The maximum Gasteiger partial charge on any atom is 0.190 e. The van der Waals surface area contributed by atoms with Crippen molar-refractivity contribution in [2.24, 2.45) is 10.4 Å². The summed E-state index contributed by atoms with van der Waals surface area (Å²) < 4.78 is 5.26. The zero-order chi connectivity index (χ0) is 16.4. The third kappa shape index (κ3) is 6.30. The average molecular weight is 325 g/mol. The van der Waals surface area contributed by atoms with E-state index in [0.29, 0.717) is 5.41 Å². The van der Waals surface area contributed by atoms with Crippen LogP contribution in [0.5, 0.6) is 0 Å². The minimum atomic E-state index is 0.434. The number of ether oxygens (including phenoxy) is 1. The van der Waals surface area contributed by atoms with Crippen LogP contribution in [-0.2, 0) is 4.74 Å². The lowest BCUT2D eigenvalue weighted by Crippen LogP contribution is -2.47. The van der Waals surface area contributed by atoms with Crippen molar-refractivity contribution < 1.29 is 4.74 Å². The molecule has 0 radical (unpaired) electrons. The molecule has 2 aliphatic rings. The zero-order valence-electron chi connectivity index (χ0n) is 15.2. The van der Waals surface area contributed by atoms with Crippen LogP contribution in [0.1, 0.15) is 51.4 Å². The van der Waals surface area contributed by atoms with Crippen molar-refractivity contribution in [3.05, 3.63) is 0 Å². The van der Waals surface area contributed by atoms with Crippen molar-refractivity contribution in [2.75, 3.05) is 53.5 Å². The summed E-state index contributed by atoms with van der Waals surface area (Å²) in [6.07, 6.45) is 10.4. The minimum absolute atomic E-state index is 0.434. The SMILES string of the molecule is CN=C(NCCCCN1CCCC1)NCC1(CCOC)CCC1. The number of unbranched alkanes of at least 4 members (excludes halogenated alkanes) is 1. The van der Waals surface area contributed by atoms with Crippen LogP contribution >= 0.6 is 0 Å². The highest BCUT2D eigenvalue weighted by Crippen LogP contribution is 2.43. The number of aliphatic imine (C=N–C) groups is 1. The summed E-state index contributed by atoms with van der Waals surface area (Å²) in [5.74, 6) is 0.954. The Kier molecular flexibility index (Phi) is 8.17. The molecule has 2 rings (SSSR count). The van der Waals surface area contributed by atoms with Crippen LogP contribution in [-0.4, -0.2) is 64.3 Å². The van der Waals surface area contributed by atoms with Crippen LogP contribution in [0.2, 0.25) is 0 Å². The number of likely N-dealkylation sites (tertiary alicyclic amines) is 1. The molecule has 1 saturated heterocycles. The smallest absolute Gasteiger partial charge is 0.190 e. The van der Waals surface area contributed by atoms with Crippen LogP contribution < -0.4 is 10.6 Å². The molecule has 5 heteroatoms. The van der Waals surface area contributed by atoms with Crippen molar-refractivity contribution in [1.29, 1.82) is 0 Å². The number of rotatable bonds is 10. The normalized spacial score (nSPS) is 21.2. The molecular formula is C18H36N4O. The summed E-state index contributed by atoms with van der Waals surface area (Å²) in [6.45, 7) is 6.76. The molecule has 1 aliphatic carbocycles. The van der Waals surface area contributed by atoms with E-state index in [1.165, 1.54) is 64.6 Å². The van der Waals surface area contributed by atoms with Gasteiger partial charge in [0, 0.05) is 33.9 Å². The molecular weight excluding hydrogens is 288 g/mol. The second-order valence-corrected chi connectivity index (χ2v) is 7.20. The fraction of sp³-hybridized carbons (Fsp3) is 0.944. The predicted octanol–water partition coefficient (Wildman–Crippen LogP) is 2.23. The van der Waals surface area contributed by atoms with Crippen LogP contribution in [0.25, 0.3) is 0 Å². The quantitative estimate of drug-likeness (QED) is 0.368. The van der Waals surface area contributed by atoms with Gasteiger partial charge in [0.2, 0.25) is 0 Å². The monoisotopic (exact) mass is 324 g/mol. The molecule has 0 unspecified atom stereocenters. The third-order valence-electron chi connectivity index (χ3n) is 5.50. The number of nitrogens with zero attached hydrogens (tertiary/aromatic N) is 2. The second-order valence-electron chi connectivity index (χ2n) is 7.20. The van der Waals surface area contributed by atoms with E-state index in [1.807, 2.05) is 7.05 Å². The molecule has 0 aromatic heterocycles. The van der Waals surface area contributed by atoms with E-state index in [2.05, 4.69) is 20.5 Å². The highest BCUT2D eigenvalue weighted by Gasteiger charge is 2.36. The van der Waals surface area contributed by atoms with E-state index in [4.69, 9.17) is 4.74 Å². The maximum atomic E-state index is 5.26. The molecule has 134 valence electrons. The molecule has 0 spiro atoms. The fourth-order valence-electron chi connectivity index (χ4n) is 3.68. The first kappa shape index (κ1) is 18.5. The first-order valence-electron chi connectivity index (χ1n) is 9.44. The average Bonchev–Trinajstić information content (AvgIpc) is 3.04. The van der Waals surface area contributed by atoms with E-state index in [9.17, 15) is 0 Å². The summed E-state index contributed by atoms with van der Waals surface area (Å²) in [7, 11) is 3.66. The van der Waals surface area contributed by atoms with Gasteiger partial charge in [0.05, 0.1) is 0 Å². The summed E-state index contributed by atoms with van der Waals surface area (Å²) in [6, 6.07) is 0. The Labute approximate surface area is 142 Å².